The fourth-order valence-electron chi connectivity index (χ4n) is 3.78. The van der Waals surface area contributed by atoms with Gasteiger partial charge in [0, 0.05) is 18.0 Å². The van der Waals surface area contributed by atoms with Crippen molar-refractivity contribution in [2.45, 2.75) is 43.5 Å². The summed E-state index contributed by atoms with van der Waals surface area (Å²) in [6, 6.07) is 3.13. The van der Waals surface area contributed by atoms with Crippen molar-refractivity contribution >= 4 is 6.21 Å². The Morgan fingerprint density at radius 3 is 2.62 bits per heavy atom. The van der Waals surface area contributed by atoms with Gasteiger partial charge in [-0.3, -0.25) is 0 Å². The van der Waals surface area contributed by atoms with Crippen molar-refractivity contribution in [2.75, 3.05) is 6.54 Å². The Morgan fingerprint density at radius 2 is 1.97 bits per heavy atom. The van der Waals surface area contributed by atoms with E-state index >= 15 is 0 Å². The number of aliphatic hydroxyl groups is 1. The maximum atomic E-state index is 14.3. The summed E-state index contributed by atoms with van der Waals surface area (Å²) >= 11 is 0. The van der Waals surface area contributed by atoms with Crippen LogP contribution >= 0.6 is 0 Å². The zero-order valence-electron chi connectivity index (χ0n) is 16.0. The molecule has 0 saturated heterocycles. The van der Waals surface area contributed by atoms with Crippen LogP contribution in [0.2, 0.25) is 0 Å². The van der Waals surface area contributed by atoms with Crippen molar-refractivity contribution in [1.82, 2.24) is 10.7 Å². The predicted octanol–water partition coefficient (Wildman–Crippen LogP) is 3.11. The van der Waals surface area contributed by atoms with Gasteiger partial charge >= 0.3 is 6.18 Å². The largest absolute Gasteiger partial charge is 0.508 e. The predicted molar refractivity (Wildman–Crippen MR) is 101 cm³/mol. The summed E-state index contributed by atoms with van der Waals surface area (Å²) in [5, 5.41) is 26.6. The van der Waals surface area contributed by atoms with E-state index < -0.39 is 36.0 Å². The zero-order valence-corrected chi connectivity index (χ0v) is 16.0. The second-order valence-corrected chi connectivity index (χ2v) is 8.07. The Hall–Kier alpha value is -2.55. The van der Waals surface area contributed by atoms with Gasteiger partial charge in [-0.2, -0.15) is 18.3 Å². The molecule has 0 radical (unpaired) electrons. The van der Waals surface area contributed by atoms with Crippen LogP contribution in [0.15, 0.2) is 47.2 Å². The van der Waals surface area contributed by atoms with Crippen molar-refractivity contribution in [3.63, 3.8) is 0 Å². The van der Waals surface area contributed by atoms with Crippen LogP contribution in [0, 0.1) is 11.7 Å². The van der Waals surface area contributed by atoms with Gasteiger partial charge < -0.3 is 21.0 Å². The first-order valence-corrected chi connectivity index (χ1v) is 9.12. The number of phenolic OH excluding ortho intramolecular Hbond substituents is 1. The van der Waals surface area contributed by atoms with Crippen molar-refractivity contribution in [3.05, 3.63) is 53.5 Å². The number of hydrogen-bond acceptors (Lipinski definition) is 5. The minimum atomic E-state index is -4.95. The first-order valence-electron chi connectivity index (χ1n) is 9.12. The first kappa shape index (κ1) is 21.2. The molecule has 0 saturated carbocycles. The normalized spacial score (nSPS) is 23.2. The maximum absolute atomic E-state index is 14.3. The van der Waals surface area contributed by atoms with Gasteiger partial charge in [0.1, 0.15) is 11.6 Å². The Morgan fingerprint density at radius 1 is 1.24 bits per heavy atom. The van der Waals surface area contributed by atoms with Crippen LogP contribution in [-0.2, 0) is 5.41 Å². The molecule has 0 spiro atoms. The number of rotatable bonds is 6. The Kier molecular flexibility index (Phi) is 5.38. The number of aromatic hydroxyl groups is 1. The van der Waals surface area contributed by atoms with Crippen molar-refractivity contribution < 1.29 is 27.8 Å². The minimum absolute atomic E-state index is 0.0232. The molecule has 0 bridgehead atoms. The zero-order chi connectivity index (χ0) is 21.4. The van der Waals surface area contributed by atoms with Crippen LogP contribution in [0.1, 0.15) is 25.8 Å². The van der Waals surface area contributed by atoms with Gasteiger partial charge in [0.2, 0.25) is 0 Å². The fourth-order valence-corrected chi connectivity index (χ4v) is 3.78. The molecule has 4 N–H and O–H groups in total. The summed E-state index contributed by atoms with van der Waals surface area (Å²) in [5.74, 6) is -1.41. The molecular weight excluding hydrogens is 390 g/mol. The number of halogens is 4. The molecule has 1 aromatic rings. The van der Waals surface area contributed by atoms with Gasteiger partial charge in [-0.25, -0.2) is 4.39 Å². The molecule has 2 aliphatic rings. The molecule has 158 valence electrons. The Bertz CT molecular complexity index is 864. The van der Waals surface area contributed by atoms with E-state index in [1.165, 1.54) is 26.0 Å². The van der Waals surface area contributed by atoms with E-state index in [9.17, 15) is 27.8 Å². The average Bonchev–Trinajstić information content (AvgIpc) is 3.07. The third-order valence-electron chi connectivity index (χ3n) is 5.33. The number of hydrogen-bond donors (Lipinski definition) is 4. The van der Waals surface area contributed by atoms with Crippen molar-refractivity contribution in [2.24, 2.45) is 11.0 Å². The van der Waals surface area contributed by atoms with E-state index in [2.05, 4.69) is 15.8 Å². The molecule has 0 amide bonds. The van der Waals surface area contributed by atoms with E-state index in [0.717, 1.165) is 6.07 Å². The van der Waals surface area contributed by atoms with Gasteiger partial charge in [-0.05, 0) is 29.5 Å². The molecule has 0 aromatic heterocycles. The standard InChI is InChI=1S/C20H23F4N3O2/c1-18(2,14-7-6-12(28)8-15(14)21)10-19(29,20(22,23)24)11-25-16-4-3-5-17-13(16)9-26-27-17/h3-9,13,17,25,27-29H,10-11H2,1-2H3. The van der Waals surface area contributed by atoms with Gasteiger partial charge in [0.25, 0.3) is 0 Å². The first-order chi connectivity index (χ1) is 13.4. The number of benzene rings is 1. The highest BCUT2D eigenvalue weighted by atomic mass is 19.4. The monoisotopic (exact) mass is 413 g/mol. The van der Waals surface area contributed by atoms with Crippen molar-refractivity contribution in [3.8, 4) is 5.75 Å². The quantitative estimate of drug-likeness (QED) is 0.541. The second kappa shape index (κ2) is 7.37. The van der Waals surface area contributed by atoms with E-state index in [1.54, 1.807) is 18.4 Å². The lowest BCUT2D eigenvalue weighted by atomic mass is 9.74. The number of allylic oxidation sites excluding steroid dienone is 2. The molecule has 3 atom stereocenters. The van der Waals surface area contributed by atoms with Gasteiger partial charge in [0.15, 0.2) is 5.60 Å². The summed E-state index contributed by atoms with van der Waals surface area (Å²) in [6.07, 6.45) is 1.05. The lowest BCUT2D eigenvalue weighted by molar-refractivity contribution is -0.264. The Balaban J connectivity index is 1.82. The lowest BCUT2D eigenvalue weighted by Gasteiger charge is -2.39. The van der Waals surface area contributed by atoms with Crippen molar-refractivity contribution in [1.29, 1.82) is 0 Å². The SMILES string of the molecule is CC(C)(CC(O)(CNC1=CC=CC2NN=CC12)C(F)(F)F)c1ccc(O)cc1F. The topological polar surface area (TPSA) is 76.9 Å². The number of alkyl halides is 3. The molecule has 5 nitrogen and oxygen atoms in total. The smallest absolute Gasteiger partial charge is 0.418 e. The molecule has 3 rings (SSSR count). The average molecular weight is 413 g/mol. The van der Waals surface area contributed by atoms with Crippen LogP contribution < -0.4 is 10.7 Å². The Labute approximate surface area is 165 Å². The summed E-state index contributed by atoms with van der Waals surface area (Å²) in [4.78, 5) is 0. The van der Waals surface area contributed by atoms with Gasteiger partial charge in [-0.1, -0.05) is 32.1 Å². The highest BCUT2D eigenvalue weighted by Gasteiger charge is 2.56. The van der Waals surface area contributed by atoms with Crippen LogP contribution in [0.25, 0.3) is 0 Å². The second-order valence-electron chi connectivity index (χ2n) is 8.07. The van der Waals surface area contributed by atoms with E-state index in [1.807, 2.05) is 6.08 Å². The van der Waals surface area contributed by atoms with Gasteiger partial charge in [0.05, 0.1) is 18.5 Å². The fraction of sp³-hybridized carbons (Fsp3) is 0.450. The molecule has 3 unspecified atom stereocenters. The molecule has 1 aliphatic carbocycles. The summed E-state index contributed by atoms with van der Waals surface area (Å²) in [5.41, 5.74) is -1.15. The number of nitrogens with one attached hydrogen (secondary N) is 2. The number of fused-ring (bicyclic) bond motifs is 1. The summed E-state index contributed by atoms with van der Waals surface area (Å²) in [6.45, 7) is 2.05. The lowest BCUT2D eigenvalue weighted by Crippen LogP contribution is -2.56. The van der Waals surface area contributed by atoms with Crippen LogP contribution in [0.3, 0.4) is 0 Å². The molecule has 1 aliphatic heterocycles. The molecule has 9 heteroatoms. The highest BCUT2D eigenvalue weighted by molar-refractivity contribution is 5.69. The number of phenols is 1. The van der Waals surface area contributed by atoms with Crippen LogP contribution in [0.5, 0.6) is 5.75 Å². The molecule has 0 fully saturated rings. The summed E-state index contributed by atoms with van der Waals surface area (Å²) in [7, 11) is 0. The third kappa shape index (κ3) is 4.24. The summed E-state index contributed by atoms with van der Waals surface area (Å²) < 4.78 is 55.8. The minimum Gasteiger partial charge on any atom is -0.508 e. The van der Waals surface area contributed by atoms with Crippen LogP contribution in [-0.4, -0.2) is 40.8 Å². The number of nitrogens with zero attached hydrogens (tertiary/aromatic N) is 1. The van der Waals surface area contributed by atoms with E-state index in [4.69, 9.17) is 0 Å². The van der Waals surface area contributed by atoms with Gasteiger partial charge in [-0.15, -0.1) is 0 Å². The highest BCUT2D eigenvalue weighted by Crippen LogP contribution is 2.42. The molecule has 1 heterocycles. The van der Waals surface area contributed by atoms with Crippen LogP contribution in [0.4, 0.5) is 17.6 Å². The van der Waals surface area contributed by atoms with E-state index in [-0.39, 0.29) is 23.3 Å². The molecule has 29 heavy (non-hydrogen) atoms. The van der Waals surface area contributed by atoms with E-state index in [0.29, 0.717) is 5.70 Å². The maximum Gasteiger partial charge on any atom is 0.418 e. The number of hydrazone groups is 1. The third-order valence-corrected chi connectivity index (χ3v) is 5.33. The molecular formula is C20H23F4N3O2. The molecule has 1 aromatic carbocycles.